The first-order chi connectivity index (χ1) is 14.1. The van der Waals surface area contributed by atoms with Crippen LogP contribution in [0.1, 0.15) is 34.2 Å². The van der Waals surface area contributed by atoms with E-state index in [2.05, 4.69) is 24.1 Å². The van der Waals surface area contributed by atoms with Gasteiger partial charge in [0.15, 0.2) is 23.0 Å². The number of likely N-dealkylation sites (N-methyl/N-ethyl adjacent to an activating group) is 1. The number of nitrogens with two attached hydrogens (primary N) is 1. The van der Waals surface area contributed by atoms with Gasteiger partial charge in [-0.2, -0.15) is 0 Å². The Labute approximate surface area is 167 Å². The second-order valence-electron chi connectivity index (χ2n) is 7.84. The van der Waals surface area contributed by atoms with Gasteiger partial charge in [-0.1, -0.05) is 6.07 Å². The van der Waals surface area contributed by atoms with E-state index in [-0.39, 0.29) is 25.5 Å². The number of primary amides is 1. The van der Waals surface area contributed by atoms with E-state index in [1.54, 1.807) is 0 Å². The molecule has 0 radical (unpaired) electrons. The van der Waals surface area contributed by atoms with Crippen molar-refractivity contribution in [3.8, 4) is 23.0 Å². The molecule has 3 heterocycles. The molecule has 2 aromatic carbocycles. The third kappa shape index (κ3) is 2.38. The van der Waals surface area contributed by atoms with Gasteiger partial charge in [-0.25, -0.2) is 4.79 Å². The zero-order chi connectivity index (χ0) is 19.7. The van der Waals surface area contributed by atoms with Crippen LogP contribution < -0.4 is 24.7 Å². The summed E-state index contributed by atoms with van der Waals surface area (Å²) >= 11 is 0. The maximum absolute atomic E-state index is 11.7. The highest BCUT2D eigenvalue weighted by Crippen LogP contribution is 2.54. The number of fused-ring (bicyclic) bond motifs is 8. The van der Waals surface area contributed by atoms with Gasteiger partial charge in [0.05, 0.1) is 0 Å². The van der Waals surface area contributed by atoms with Crippen LogP contribution in [0.5, 0.6) is 23.0 Å². The predicted molar refractivity (Wildman–Crippen MR) is 100 cm³/mol. The van der Waals surface area contributed by atoms with Gasteiger partial charge in [-0.05, 0) is 41.9 Å². The van der Waals surface area contributed by atoms with E-state index in [0.29, 0.717) is 13.0 Å². The van der Waals surface area contributed by atoms with Gasteiger partial charge >= 0.3 is 6.09 Å². The zero-order valence-electron chi connectivity index (χ0n) is 15.8. The summed E-state index contributed by atoms with van der Waals surface area (Å²) in [6, 6.07) is 8.05. The highest BCUT2D eigenvalue weighted by atomic mass is 16.7. The van der Waals surface area contributed by atoms with E-state index in [0.717, 1.165) is 45.3 Å². The molecule has 29 heavy (non-hydrogen) atoms. The molecule has 3 atom stereocenters. The van der Waals surface area contributed by atoms with Crippen molar-refractivity contribution in [3.05, 3.63) is 46.5 Å². The van der Waals surface area contributed by atoms with Gasteiger partial charge in [0.25, 0.3) is 0 Å². The normalized spacial score (nSPS) is 25.8. The largest absolute Gasteiger partial charge is 0.454 e. The maximum atomic E-state index is 11.7. The Balaban J connectivity index is 1.53. The Bertz CT molecular complexity index is 1040. The molecule has 0 fully saturated rings. The van der Waals surface area contributed by atoms with Crippen molar-refractivity contribution in [2.45, 2.75) is 31.0 Å². The SMILES string of the molecule is CN1Cc2c(ccc3c2OCO3)[C@H]2C(OC(N)=O)Cc3cc4c(cc3[C@H]21)OCO4. The number of carbonyl (C=O) groups is 1. The topological polar surface area (TPSA) is 92.5 Å². The fourth-order valence-electron chi connectivity index (χ4n) is 5.21. The van der Waals surface area contributed by atoms with Crippen molar-refractivity contribution < 1.29 is 28.5 Å². The van der Waals surface area contributed by atoms with Crippen LogP contribution >= 0.6 is 0 Å². The van der Waals surface area contributed by atoms with Crippen LogP contribution in [0, 0.1) is 0 Å². The second kappa shape index (κ2) is 5.93. The fraction of sp³-hybridized carbons (Fsp3) is 0.381. The van der Waals surface area contributed by atoms with E-state index < -0.39 is 12.2 Å². The van der Waals surface area contributed by atoms with Crippen LogP contribution in [-0.2, 0) is 17.7 Å². The average Bonchev–Trinajstić information content (AvgIpc) is 3.34. The lowest BCUT2D eigenvalue weighted by molar-refractivity contribution is 0.0400. The summed E-state index contributed by atoms with van der Waals surface area (Å²) in [6.07, 6.45) is -0.613. The van der Waals surface area contributed by atoms with Crippen molar-refractivity contribution >= 4 is 6.09 Å². The Morgan fingerprint density at radius 1 is 1.07 bits per heavy atom. The van der Waals surface area contributed by atoms with Crippen LogP contribution in [0.2, 0.25) is 0 Å². The first kappa shape index (κ1) is 16.8. The number of amides is 1. The van der Waals surface area contributed by atoms with Gasteiger partial charge in [0.2, 0.25) is 13.6 Å². The molecular weight excluding hydrogens is 376 g/mol. The van der Waals surface area contributed by atoms with E-state index >= 15 is 0 Å². The molecule has 0 bridgehead atoms. The third-order valence-corrected chi connectivity index (χ3v) is 6.30. The summed E-state index contributed by atoms with van der Waals surface area (Å²) in [4.78, 5) is 14.0. The molecule has 8 heteroatoms. The smallest absolute Gasteiger partial charge is 0.404 e. The summed E-state index contributed by atoms with van der Waals surface area (Å²) < 4.78 is 28.1. The van der Waals surface area contributed by atoms with Crippen LogP contribution in [-0.4, -0.2) is 37.7 Å². The lowest BCUT2D eigenvalue weighted by Gasteiger charge is -2.47. The number of hydrogen-bond donors (Lipinski definition) is 1. The average molecular weight is 396 g/mol. The minimum Gasteiger partial charge on any atom is -0.454 e. The monoisotopic (exact) mass is 396 g/mol. The van der Waals surface area contributed by atoms with Crippen LogP contribution in [0.3, 0.4) is 0 Å². The molecule has 0 saturated carbocycles. The molecule has 0 aromatic heterocycles. The Morgan fingerprint density at radius 2 is 1.83 bits per heavy atom. The first-order valence-corrected chi connectivity index (χ1v) is 9.60. The lowest BCUT2D eigenvalue weighted by Crippen LogP contribution is -2.45. The lowest BCUT2D eigenvalue weighted by atomic mass is 9.70. The van der Waals surface area contributed by atoms with E-state index in [9.17, 15) is 4.79 Å². The van der Waals surface area contributed by atoms with Crippen molar-refractivity contribution in [2.75, 3.05) is 20.6 Å². The van der Waals surface area contributed by atoms with Crippen molar-refractivity contribution in [1.82, 2.24) is 4.90 Å². The van der Waals surface area contributed by atoms with Gasteiger partial charge in [-0.15, -0.1) is 0 Å². The number of carbonyl (C=O) groups excluding carboxylic acids is 1. The maximum Gasteiger partial charge on any atom is 0.404 e. The summed E-state index contributed by atoms with van der Waals surface area (Å²) in [5.74, 6) is 2.92. The minimum atomic E-state index is -0.770. The number of nitrogens with zero attached hydrogens (tertiary/aromatic N) is 1. The molecular formula is C21H20N2O6. The van der Waals surface area contributed by atoms with Crippen molar-refractivity contribution in [1.29, 1.82) is 0 Å². The molecule has 0 saturated heterocycles. The Morgan fingerprint density at radius 3 is 2.66 bits per heavy atom. The zero-order valence-corrected chi connectivity index (χ0v) is 15.8. The Hall–Kier alpha value is -3.13. The molecule has 1 aliphatic carbocycles. The van der Waals surface area contributed by atoms with E-state index in [1.165, 1.54) is 0 Å². The summed E-state index contributed by atoms with van der Waals surface area (Å²) in [5.41, 5.74) is 9.86. The van der Waals surface area contributed by atoms with Crippen LogP contribution in [0.4, 0.5) is 4.79 Å². The molecule has 2 N–H and O–H groups in total. The van der Waals surface area contributed by atoms with Gasteiger partial charge in [-0.3, -0.25) is 4.90 Å². The Kier molecular flexibility index (Phi) is 3.44. The number of hydrogen-bond acceptors (Lipinski definition) is 7. The summed E-state index contributed by atoms with van der Waals surface area (Å²) in [7, 11) is 2.07. The van der Waals surface area contributed by atoms with Crippen molar-refractivity contribution in [3.63, 3.8) is 0 Å². The summed E-state index contributed by atoms with van der Waals surface area (Å²) in [6.45, 7) is 1.13. The van der Waals surface area contributed by atoms with Gasteiger partial charge < -0.3 is 29.4 Å². The predicted octanol–water partition coefficient (Wildman–Crippen LogP) is 2.43. The minimum absolute atomic E-state index is 0.00507. The third-order valence-electron chi connectivity index (χ3n) is 6.30. The molecule has 2 aromatic rings. The first-order valence-electron chi connectivity index (χ1n) is 9.60. The molecule has 4 aliphatic rings. The fourth-order valence-corrected chi connectivity index (χ4v) is 5.21. The number of ether oxygens (including phenoxy) is 5. The van der Waals surface area contributed by atoms with Crippen LogP contribution in [0.15, 0.2) is 24.3 Å². The molecule has 1 unspecified atom stereocenters. The number of rotatable bonds is 1. The van der Waals surface area contributed by atoms with Crippen LogP contribution in [0.25, 0.3) is 0 Å². The van der Waals surface area contributed by atoms with Gasteiger partial charge in [0.1, 0.15) is 6.10 Å². The molecule has 0 spiro atoms. The van der Waals surface area contributed by atoms with E-state index in [4.69, 9.17) is 29.4 Å². The van der Waals surface area contributed by atoms with Gasteiger partial charge in [0, 0.05) is 30.5 Å². The molecule has 6 rings (SSSR count). The molecule has 150 valence electrons. The van der Waals surface area contributed by atoms with E-state index in [1.807, 2.05) is 12.1 Å². The second-order valence-corrected chi connectivity index (χ2v) is 7.84. The highest BCUT2D eigenvalue weighted by molar-refractivity contribution is 5.66. The standard InChI is InChI=1S/C21H20N2O6/c1-23-7-13-11(2-3-14-20(13)28-9-25-14)18-17(29-21(22)24)5-10-4-15-16(27-8-26-15)6-12(10)19(18)23/h2-4,6,17-19H,5,7-9H2,1H3,(H2,22,24)/t17?,18-,19+/m0/s1. The molecule has 1 amide bonds. The molecule has 3 aliphatic heterocycles. The number of benzene rings is 2. The summed E-state index contributed by atoms with van der Waals surface area (Å²) in [5, 5.41) is 0. The highest BCUT2D eigenvalue weighted by Gasteiger charge is 2.47. The molecule has 8 nitrogen and oxygen atoms in total. The van der Waals surface area contributed by atoms with Crippen molar-refractivity contribution in [2.24, 2.45) is 5.73 Å². The quantitative estimate of drug-likeness (QED) is 0.791.